The van der Waals surface area contributed by atoms with E-state index in [0.29, 0.717) is 22.9 Å². The highest BCUT2D eigenvalue weighted by Gasteiger charge is 2.13. The van der Waals surface area contributed by atoms with Crippen LogP contribution in [0.25, 0.3) is 6.08 Å². The standard InChI is InChI=1S/C26H23ClN2O2/c1-17-8-11-25(18(2)12-17)29-26(30)22(16-28)13-19-9-10-23(31-3)15-21(19)14-20-6-4-5-7-24(20)27/h4-13,15H,14H2,1-3H3,(H,29,30)/b22-13+. The minimum absolute atomic E-state index is 0.0190. The number of nitriles is 1. The van der Waals surface area contributed by atoms with Gasteiger partial charge in [0.25, 0.3) is 5.91 Å². The summed E-state index contributed by atoms with van der Waals surface area (Å²) in [5.74, 6) is 0.242. The smallest absolute Gasteiger partial charge is 0.266 e. The fourth-order valence-corrected chi connectivity index (χ4v) is 3.50. The number of rotatable bonds is 6. The second-order valence-electron chi connectivity index (χ2n) is 7.28. The van der Waals surface area contributed by atoms with Gasteiger partial charge in [0.1, 0.15) is 17.4 Å². The van der Waals surface area contributed by atoms with Gasteiger partial charge in [0.05, 0.1) is 7.11 Å². The molecule has 0 aliphatic rings. The fourth-order valence-electron chi connectivity index (χ4n) is 3.30. The summed E-state index contributed by atoms with van der Waals surface area (Å²) >= 11 is 6.34. The zero-order chi connectivity index (χ0) is 22.4. The van der Waals surface area contributed by atoms with E-state index in [0.717, 1.165) is 27.8 Å². The summed E-state index contributed by atoms with van der Waals surface area (Å²) in [6.45, 7) is 3.91. The number of anilines is 1. The van der Waals surface area contributed by atoms with Crippen molar-refractivity contribution in [3.8, 4) is 11.8 Å². The third-order valence-corrected chi connectivity index (χ3v) is 5.35. The van der Waals surface area contributed by atoms with Gasteiger partial charge in [-0.15, -0.1) is 0 Å². The van der Waals surface area contributed by atoms with Crippen LogP contribution in [-0.2, 0) is 11.2 Å². The number of methoxy groups -OCH3 is 1. The highest BCUT2D eigenvalue weighted by atomic mass is 35.5. The predicted octanol–water partition coefficient (Wildman–Crippen LogP) is 6.10. The van der Waals surface area contributed by atoms with Gasteiger partial charge in [0.2, 0.25) is 0 Å². The Balaban J connectivity index is 1.95. The molecule has 5 heteroatoms. The summed E-state index contributed by atoms with van der Waals surface area (Å²) in [5.41, 5.74) is 5.36. The maximum atomic E-state index is 12.8. The third kappa shape index (κ3) is 5.53. The number of aryl methyl sites for hydroxylation is 2. The van der Waals surface area contributed by atoms with E-state index in [4.69, 9.17) is 16.3 Å². The molecule has 3 aromatic rings. The molecule has 0 heterocycles. The molecule has 1 N–H and O–H groups in total. The van der Waals surface area contributed by atoms with Crippen LogP contribution in [0.3, 0.4) is 0 Å². The van der Waals surface area contributed by atoms with E-state index in [2.05, 4.69) is 5.32 Å². The second-order valence-corrected chi connectivity index (χ2v) is 7.68. The molecule has 0 saturated carbocycles. The SMILES string of the molecule is COc1ccc(/C=C(\C#N)C(=O)Nc2ccc(C)cc2C)c(Cc2ccccc2Cl)c1. The van der Waals surface area contributed by atoms with Gasteiger partial charge in [0.15, 0.2) is 0 Å². The Kier molecular flexibility index (Phi) is 7.12. The molecular weight excluding hydrogens is 408 g/mol. The Morgan fingerprint density at radius 3 is 2.55 bits per heavy atom. The highest BCUT2D eigenvalue weighted by Crippen LogP contribution is 2.26. The quantitative estimate of drug-likeness (QED) is 0.379. The summed E-state index contributed by atoms with van der Waals surface area (Å²) < 4.78 is 5.36. The fraction of sp³-hybridized carbons (Fsp3) is 0.154. The molecule has 0 aliphatic heterocycles. The summed E-state index contributed by atoms with van der Waals surface area (Å²) in [4.78, 5) is 12.8. The van der Waals surface area contributed by atoms with Crippen molar-refractivity contribution >= 4 is 29.3 Å². The first-order valence-electron chi connectivity index (χ1n) is 9.82. The van der Waals surface area contributed by atoms with Crippen LogP contribution in [0.4, 0.5) is 5.69 Å². The number of nitrogens with one attached hydrogen (secondary N) is 1. The van der Waals surface area contributed by atoms with E-state index >= 15 is 0 Å². The number of hydrogen-bond donors (Lipinski definition) is 1. The summed E-state index contributed by atoms with van der Waals surface area (Å²) in [7, 11) is 1.60. The Hall–Kier alpha value is -3.55. The van der Waals surface area contributed by atoms with Gasteiger partial charge in [-0.25, -0.2) is 0 Å². The maximum absolute atomic E-state index is 12.8. The van der Waals surface area contributed by atoms with Crippen molar-refractivity contribution in [2.75, 3.05) is 12.4 Å². The lowest BCUT2D eigenvalue weighted by Crippen LogP contribution is -2.14. The Morgan fingerprint density at radius 2 is 1.87 bits per heavy atom. The molecule has 0 aromatic heterocycles. The van der Waals surface area contributed by atoms with Crippen molar-refractivity contribution in [3.05, 3.63) is 99.1 Å². The molecule has 0 saturated heterocycles. The zero-order valence-electron chi connectivity index (χ0n) is 17.7. The first-order valence-corrected chi connectivity index (χ1v) is 10.2. The van der Waals surface area contributed by atoms with Crippen LogP contribution in [0.5, 0.6) is 5.75 Å². The average Bonchev–Trinajstić information content (AvgIpc) is 2.76. The lowest BCUT2D eigenvalue weighted by molar-refractivity contribution is -0.112. The maximum Gasteiger partial charge on any atom is 0.266 e. The number of ether oxygens (including phenoxy) is 1. The van der Waals surface area contributed by atoms with E-state index in [-0.39, 0.29) is 5.57 Å². The topological polar surface area (TPSA) is 62.1 Å². The molecule has 31 heavy (non-hydrogen) atoms. The first kappa shape index (κ1) is 22.1. The largest absolute Gasteiger partial charge is 0.497 e. The number of halogens is 1. The number of benzene rings is 3. The Labute approximate surface area is 187 Å². The number of amides is 1. The number of hydrogen-bond acceptors (Lipinski definition) is 3. The van der Waals surface area contributed by atoms with Crippen molar-refractivity contribution in [3.63, 3.8) is 0 Å². The number of carbonyl (C=O) groups is 1. The van der Waals surface area contributed by atoms with Crippen molar-refractivity contribution in [1.82, 2.24) is 0 Å². The van der Waals surface area contributed by atoms with Crippen LogP contribution in [-0.4, -0.2) is 13.0 Å². The predicted molar refractivity (Wildman–Crippen MR) is 125 cm³/mol. The van der Waals surface area contributed by atoms with Crippen LogP contribution in [0.1, 0.15) is 27.8 Å². The normalized spacial score (nSPS) is 11.0. The molecule has 0 bridgehead atoms. The number of nitrogens with zero attached hydrogens (tertiary/aromatic N) is 1. The molecular formula is C26H23ClN2O2. The van der Waals surface area contributed by atoms with Crippen LogP contribution in [0.15, 0.2) is 66.2 Å². The van der Waals surface area contributed by atoms with Crippen molar-refractivity contribution in [2.24, 2.45) is 0 Å². The van der Waals surface area contributed by atoms with E-state index < -0.39 is 5.91 Å². The number of carbonyl (C=O) groups excluding carboxylic acids is 1. The van der Waals surface area contributed by atoms with Gasteiger partial charge < -0.3 is 10.1 Å². The summed E-state index contributed by atoms with van der Waals surface area (Å²) in [6.07, 6.45) is 2.14. The van der Waals surface area contributed by atoms with Gasteiger partial charge in [-0.1, -0.05) is 53.6 Å². The monoisotopic (exact) mass is 430 g/mol. The Bertz CT molecular complexity index is 1190. The molecule has 4 nitrogen and oxygen atoms in total. The van der Waals surface area contributed by atoms with Crippen molar-refractivity contribution in [2.45, 2.75) is 20.3 Å². The summed E-state index contributed by atoms with van der Waals surface area (Å²) in [5, 5.41) is 13.1. The summed E-state index contributed by atoms with van der Waals surface area (Å²) in [6, 6.07) is 20.9. The van der Waals surface area contributed by atoms with Crippen LogP contribution in [0.2, 0.25) is 5.02 Å². The van der Waals surface area contributed by atoms with E-state index in [9.17, 15) is 10.1 Å². The molecule has 0 atom stereocenters. The molecule has 3 rings (SSSR count). The van der Waals surface area contributed by atoms with Crippen LogP contribution < -0.4 is 10.1 Å². The third-order valence-electron chi connectivity index (χ3n) is 4.98. The first-order chi connectivity index (χ1) is 14.9. The van der Waals surface area contributed by atoms with E-state index in [1.54, 1.807) is 19.3 Å². The zero-order valence-corrected chi connectivity index (χ0v) is 18.5. The Morgan fingerprint density at radius 1 is 1.10 bits per heavy atom. The van der Waals surface area contributed by atoms with E-state index in [1.807, 2.05) is 74.5 Å². The molecule has 0 radical (unpaired) electrons. The highest BCUT2D eigenvalue weighted by molar-refractivity contribution is 6.31. The van der Waals surface area contributed by atoms with Gasteiger partial charge in [-0.3, -0.25) is 4.79 Å². The van der Waals surface area contributed by atoms with Gasteiger partial charge >= 0.3 is 0 Å². The minimum Gasteiger partial charge on any atom is -0.497 e. The molecule has 0 fully saturated rings. The van der Waals surface area contributed by atoms with Gasteiger partial charge in [0, 0.05) is 10.7 Å². The minimum atomic E-state index is -0.450. The van der Waals surface area contributed by atoms with Crippen molar-refractivity contribution in [1.29, 1.82) is 5.26 Å². The average molecular weight is 431 g/mol. The molecule has 1 amide bonds. The molecule has 0 spiro atoms. The van der Waals surface area contributed by atoms with Gasteiger partial charge in [-0.05, 0) is 72.9 Å². The lowest BCUT2D eigenvalue weighted by atomic mass is 9.97. The van der Waals surface area contributed by atoms with Crippen LogP contribution in [0, 0.1) is 25.2 Å². The molecule has 156 valence electrons. The lowest BCUT2D eigenvalue weighted by Gasteiger charge is -2.12. The molecule has 0 unspecified atom stereocenters. The molecule has 3 aromatic carbocycles. The second kappa shape index (κ2) is 9.97. The van der Waals surface area contributed by atoms with E-state index in [1.165, 1.54) is 0 Å². The molecule has 0 aliphatic carbocycles. The van der Waals surface area contributed by atoms with Gasteiger partial charge in [-0.2, -0.15) is 5.26 Å². The van der Waals surface area contributed by atoms with Crippen LogP contribution >= 0.6 is 11.6 Å². The van der Waals surface area contributed by atoms with Crippen molar-refractivity contribution < 1.29 is 9.53 Å².